The molecule has 0 amide bonds. The first-order chi connectivity index (χ1) is 31.8. The highest BCUT2D eigenvalue weighted by molar-refractivity contribution is 7.47. The van der Waals surface area contributed by atoms with Gasteiger partial charge >= 0.3 is 19.8 Å². The second-order valence-electron chi connectivity index (χ2n) is 17.0. The molecule has 0 aromatic heterocycles. The molecule has 0 saturated heterocycles. The van der Waals surface area contributed by atoms with E-state index in [0.29, 0.717) is 6.42 Å². The molecule has 0 aliphatic heterocycles. The first kappa shape index (κ1) is 62.2. The van der Waals surface area contributed by atoms with E-state index < -0.39 is 26.5 Å². The fourth-order valence-corrected chi connectivity index (χ4v) is 7.73. The van der Waals surface area contributed by atoms with Gasteiger partial charge in [-0.1, -0.05) is 221 Å². The number of unbranched alkanes of at least 4 members (excludes halogenated alkanes) is 21. The number of nitrogens with two attached hydrogens (primary N) is 1. The molecule has 0 radical (unpaired) electrons. The van der Waals surface area contributed by atoms with Gasteiger partial charge in [0.2, 0.25) is 0 Å². The van der Waals surface area contributed by atoms with Crippen molar-refractivity contribution in [1.29, 1.82) is 0 Å². The minimum atomic E-state index is -4.39. The van der Waals surface area contributed by atoms with Crippen molar-refractivity contribution < 1.29 is 37.6 Å². The van der Waals surface area contributed by atoms with E-state index in [0.717, 1.165) is 89.9 Å². The number of rotatable bonds is 48. The third kappa shape index (κ3) is 50.4. The molecule has 0 bridgehead atoms. The van der Waals surface area contributed by atoms with Gasteiger partial charge in [0.1, 0.15) is 6.61 Å². The lowest BCUT2D eigenvalue weighted by atomic mass is 10.0. The number of phosphoric acid groups is 1. The molecule has 2 unspecified atom stereocenters. The minimum Gasteiger partial charge on any atom is -0.462 e. The molecule has 0 fully saturated rings. The first-order valence-electron chi connectivity index (χ1n) is 26.1. The summed E-state index contributed by atoms with van der Waals surface area (Å²) in [6, 6.07) is 0. The van der Waals surface area contributed by atoms with E-state index in [2.05, 4.69) is 98.9 Å². The zero-order chi connectivity index (χ0) is 47.4. The van der Waals surface area contributed by atoms with E-state index in [9.17, 15) is 19.0 Å². The Morgan fingerprint density at radius 1 is 0.477 bits per heavy atom. The SMILES string of the molecule is CC/C=C\C/C=C\C/C=C\C/C=C\C/C=C\C/C=C\C/C=C\CCCCCCCCCC(=O)OC(COC(=O)CCCCCCCCCCCCCCCCC)COP(=O)(O)OCCN. The monoisotopic (exact) mass is 930 g/mol. The molecule has 0 saturated carbocycles. The predicted molar refractivity (Wildman–Crippen MR) is 275 cm³/mol. The van der Waals surface area contributed by atoms with Gasteiger partial charge in [-0.15, -0.1) is 0 Å². The van der Waals surface area contributed by atoms with Crippen LogP contribution in [0.3, 0.4) is 0 Å². The summed E-state index contributed by atoms with van der Waals surface area (Å²) in [5.74, 6) is -0.840. The van der Waals surface area contributed by atoms with Crippen molar-refractivity contribution in [2.24, 2.45) is 5.73 Å². The first-order valence-corrected chi connectivity index (χ1v) is 27.6. The lowest BCUT2D eigenvalue weighted by Crippen LogP contribution is -2.29. The molecule has 10 heteroatoms. The summed E-state index contributed by atoms with van der Waals surface area (Å²) in [6.45, 7) is 3.62. The van der Waals surface area contributed by atoms with E-state index in [1.54, 1.807) is 0 Å². The van der Waals surface area contributed by atoms with Crippen molar-refractivity contribution >= 4 is 19.8 Å². The van der Waals surface area contributed by atoms with Crippen LogP contribution in [0.15, 0.2) is 85.1 Å². The zero-order valence-corrected chi connectivity index (χ0v) is 42.3. The van der Waals surface area contributed by atoms with Crippen molar-refractivity contribution in [3.05, 3.63) is 85.1 Å². The summed E-state index contributed by atoms with van der Waals surface area (Å²) < 4.78 is 32.9. The predicted octanol–water partition coefficient (Wildman–Crippen LogP) is 16.0. The Labute approximate surface area is 398 Å². The van der Waals surface area contributed by atoms with Crippen molar-refractivity contribution in [3.8, 4) is 0 Å². The maximum Gasteiger partial charge on any atom is 0.472 e. The summed E-state index contributed by atoms with van der Waals surface area (Å²) in [5.41, 5.74) is 5.37. The van der Waals surface area contributed by atoms with E-state index in [1.165, 1.54) is 96.3 Å². The smallest absolute Gasteiger partial charge is 0.462 e. The number of hydrogen-bond donors (Lipinski definition) is 2. The lowest BCUT2D eigenvalue weighted by molar-refractivity contribution is -0.161. The number of phosphoric ester groups is 1. The standard InChI is InChI=1S/C55H96NO8P/c1-3-5-7-9-11-13-15-17-19-20-21-22-23-24-25-26-27-28-29-30-31-32-34-36-38-40-42-44-46-48-55(58)64-53(52-63-65(59,60)62-50-49-56)51-61-54(57)47-45-43-41-39-37-35-33-18-16-14-12-10-8-6-4-2/h5,7,11,13,17,19,21-22,24-25,27-28,30-31,53H,3-4,6,8-10,12,14-16,18,20,23,26,29,32-52,56H2,1-2H3,(H,59,60)/b7-5-,13-11-,19-17-,22-21-,25-24-,28-27-,31-30-. The van der Waals surface area contributed by atoms with Crippen LogP contribution in [0.5, 0.6) is 0 Å². The number of hydrogen-bond acceptors (Lipinski definition) is 8. The van der Waals surface area contributed by atoms with Gasteiger partial charge in [0.05, 0.1) is 13.2 Å². The molecule has 3 N–H and O–H groups in total. The van der Waals surface area contributed by atoms with Crippen molar-refractivity contribution in [3.63, 3.8) is 0 Å². The molecule has 0 aromatic carbocycles. The summed E-state index contributed by atoms with van der Waals surface area (Å²) in [7, 11) is -4.39. The molecule has 0 aromatic rings. The van der Waals surface area contributed by atoms with Crippen LogP contribution in [0.25, 0.3) is 0 Å². The molecule has 374 valence electrons. The molecule has 0 aliphatic carbocycles. The number of carbonyl (C=O) groups is 2. The van der Waals surface area contributed by atoms with Crippen LogP contribution in [0.1, 0.15) is 219 Å². The Morgan fingerprint density at radius 3 is 1.26 bits per heavy atom. The molecule has 0 heterocycles. The van der Waals surface area contributed by atoms with E-state index >= 15 is 0 Å². The van der Waals surface area contributed by atoms with Gasteiger partial charge in [-0.25, -0.2) is 4.57 Å². The Bertz CT molecular complexity index is 1340. The highest BCUT2D eigenvalue weighted by atomic mass is 31.2. The van der Waals surface area contributed by atoms with E-state index in [4.69, 9.17) is 24.3 Å². The number of ether oxygens (including phenoxy) is 2. The van der Waals surface area contributed by atoms with Gasteiger partial charge in [0, 0.05) is 19.4 Å². The number of allylic oxidation sites excluding steroid dienone is 14. The second kappa shape index (κ2) is 50.6. The fraction of sp³-hybridized carbons (Fsp3) is 0.709. The second-order valence-corrected chi connectivity index (χ2v) is 18.5. The molecular formula is C55H96NO8P. The highest BCUT2D eigenvalue weighted by Gasteiger charge is 2.26. The van der Waals surface area contributed by atoms with Crippen LogP contribution in [0.4, 0.5) is 0 Å². The van der Waals surface area contributed by atoms with Crippen molar-refractivity contribution in [1.82, 2.24) is 0 Å². The average molecular weight is 930 g/mol. The average Bonchev–Trinajstić information content (AvgIpc) is 3.30. The van der Waals surface area contributed by atoms with Gasteiger partial charge in [-0.05, 0) is 70.6 Å². The molecule has 0 spiro atoms. The van der Waals surface area contributed by atoms with E-state index in [1.807, 2.05) is 0 Å². The van der Waals surface area contributed by atoms with Gasteiger partial charge in [-0.3, -0.25) is 18.6 Å². The van der Waals surface area contributed by atoms with Gasteiger partial charge in [-0.2, -0.15) is 0 Å². The van der Waals surface area contributed by atoms with Crippen LogP contribution < -0.4 is 5.73 Å². The number of carbonyl (C=O) groups excluding carboxylic acids is 2. The summed E-state index contributed by atoms with van der Waals surface area (Å²) in [6.07, 6.45) is 64.8. The molecular weight excluding hydrogens is 834 g/mol. The fourth-order valence-electron chi connectivity index (χ4n) is 6.97. The molecule has 9 nitrogen and oxygen atoms in total. The third-order valence-electron chi connectivity index (χ3n) is 10.8. The molecule has 65 heavy (non-hydrogen) atoms. The Hall–Kier alpha value is -2.81. The number of esters is 2. The van der Waals surface area contributed by atoms with Gasteiger partial charge < -0.3 is 20.1 Å². The topological polar surface area (TPSA) is 134 Å². The van der Waals surface area contributed by atoms with Crippen molar-refractivity contribution in [2.45, 2.75) is 225 Å². The van der Waals surface area contributed by atoms with Crippen LogP contribution in [0, 0.1) is 0 Å². The minimum absolute atomic E-state index is 0.0485. The molecule has 2 atom stereocenters. The highest BCUT2D eigenvalue weighted by Crippen LogP contribution is 2.43. The Balaban J connectivity index is 4.07. The lowest BCUT2D eigenvalue weighted by Gasteiger charge is -2.19. The Morgan fingerprint density at radius 2 is 0.846 bits per heavy atom. The summed E-state index contributed by atoms with van der Waals surface area (Å²) in [5, 5.41) is 0. The van der Waals surface area contributed by atoms with Gasteiger partial charge in [0.15, 0.2) is 6.10 Å². The van der Waals surface area contributed by atoms with Crippen LogP contribution >= 0.6 is 7.82 Å². The Kier molecular flexibility index (Phi) is 48.4. The third-order valence-corrected chi connectivity index (χ3v) is 11.8. The van der Waals surface area contributed by atoms with Crippen LogP contribution in [-0.4, -0.2) is 49.3 Å². The summed E-state index contributed by atoms with van der Waals surface area (Å²) in [4.78, 5) is 35.0. The summed E-state index contributed by atoms with van der Waals surface area (Å²) >= 11 is 0. The maximum absolute atomic E-state index is 12.7. The molecule has 0 rings (SSSR count). The van der Waals surface area contributed by atoms with Gasteiger partial charge in [0.25, 0.3) is 0 Å². The normalized spacial score (nSPS) is 13.8. The van der Waals surface area contributed by atoms with Crippen LogP contribution in [-0.2, 0) is 32.7 Å². The molecule has 0 aliphatic rings. The van der Waals surface area contributed by atoms with Crippen molar-refractivity contribution in [2.75, 3.05) is 26.4 Å². The zero-order valence-electron chi connectivity index (χ0n) is 41.4. The van der Waals surface area contributed by atoms with Crippen LogP contribution in [0.2, 0.25) is 0 Å². The quantitative estimate of drug-likeness (QED) is 0.0265. The maximum atomic E-state index is 12.7. The van der Waals surface area contributed by atoms with E-state index in [-0.39, 0.29) is 38.6 Å². The largest absolute Gasteiger partial charge is 0.472 e.